The molecule has 1 amide bonds. The summed E-state index contributed by atoms with van der Waals surface area (Å²) in [5.41, 5.74) is 1.86. The van der Waals surface area contributed by atoms with Crippen LogP contribution in [0.2, 0.25) is 0 Å². The standard InChI is InChI=1S/C19H21NO3/c1-14(20-18(21)13-16-10-6-3-7-11-16)17(19(22)23)12-15-8-4-2-5-9-15/h2-11,14,17H,12-13H2,1H3,(H,20,21)(H,22,23)/t14-,17-/m1/s1. The number of carbonyl (C=O) groups is 2. The van der Waals surface area contributed by atoms with Crippen LogP contribution in [-0.4, -0.2) is 23.0 Å². The Morgan fingerprint density at radius 2 is 1.48 bits per heavy atom. The third kappa shape index (κ3) is 5.25. The molecule has 0 heterocycles. The van der Waals surface area contributed by atoms with Crippen LogP contribution in [0.4, 0.5) is 0 Å². The van der Waals surface area contributed by atoms with Gasteiger partial charge in [0.25, 0.3) is 0 Å². The maximum absolute atomic E-state index is 12.1. The van der Waals surface area contributed by atoms with Crippen LogP contribution < -0.4 is 5.32 Å². The van der Waals surface area contributed by atoms with Crippen molar-refractivity contribution in [3.8, 4) is 0 Å². The lowest BCUT2D eigenvalue weighted by Crippen LogP contribution is -2.42. The van der Waals surface area contributed by atoms with Gasteiger partial charge in [-0.2, -0.15) is 0 Å². The van der Waals surface area contributed by atoms with Gasteiger partial charge < -0.3 is 10.4 Å². The quantitative estimate of drug-likeness (QED) is 0.826. The van der Waals surface area contributed by atoms with E-state index < -0.39 is 17.9 Å². The van der Waals surface area contributed by atoms with Crippen LogP contribution in [0.15, 0.2) is 60.7 Å². The summed E-state index contributed by atoms with van der Waals surface area (Å²) in [5, 5.41) is 12.3. The van der Waals surface area contributed by atoms with Gasteiger partial charge in [0.15, 0.2) is 0 Å². The van der Waals surface area contributed by atoms with Gasteiger partial charge >= 0.3 is 5.97 Å². The van der Waals surface area contributed by atoms with Crippen LogP contribution in [0.5, 0.6) is 0 Å². The number of benzene rings is 2. The topological polar surface area (TPSA) is 66.4 Å². The molecule has 120 valence electrons. The molecule has 0 radical (unpaired) electrons. The number of rotatable bonds is 7. The second kappa shape index (κ2) is 8.13. The molecule has 0 aliphatic carbocycles. The van der Waals surface area contributed by atoms with Crippen molar-refractivity contribution in [3.05, 3.63) is 71.8 Å². The SMILES string of the molecule is C[C@@H](NC(=O)Cc1ccccc1)[C@@H](Cc1ccccc1)C(=O)O. The van der Waals surface area contributed by atoms with Crippen LogP contribution in [0, 0.1) is 5.92 Å². The summed E-state index contributed by atoms with van der Waals surface area (Å²) in [4.78, 5) is 23.6. The first-order valence-electron chi connectivity index (χ1n) is 7.66. The summed E-state index contributed by atoms with van der Waals surface area (Å²) in [6, 6.07) is 18.4. The minimum absolute atomic E-state index is 0.164. The predicted molar refractivity (Wildman–Crippen MR) is 89.0 cm³/mol. The lowest BCUT2D eigenvalue weighted by molar-refractivity contribution is -0.142. The summed E-state index contributed by atoms with van der Waals surface area (Å²) in [5.74, 6) is -1.72. The molecule has 0 saturated heterocycles. The van der Waals surface area contributed by atoms with E-state index >= 15 is 0 Å². The van der Waals surface area contributed by atoms with Crippen molar-refractivity contribution in [2.45, 2.75) is 25.8 Å². The van der Waals surface area contributed by atoms with Gasteiger partial charge in [-0.1, -0.05) is 60.7 Å². The fraction of sp³-hybridized carbons (Fsp3) is 0.263. The van der Waals surface area contributed by atoms with E-state index in [0.29, 0.717) is 6.42 Å². The molecule has 4 heteroatoms. The highest BCUT2D eigenvalue weighted by molar-refractivity contribution is 5.80. The molecule has 0 unspecified atom stereocenters. The molecule has 2 atom stereocenters. The molecule has 2 rings (SSSR count). The number of carboxylic acid groups (broad SMARTS) is 1. The smallest absolute Gasteiger partial charge is 0.308 e. The molecule has 2 aromatic rings. The van der Waals surface area contributed by atoms with Crippen LogP contribution in [0.3, 0.4) is 0 Å². The number of hydrogen-bond donors (Lipinski definition) is 2. The molecular weight excluding hydrogens is 290 g/mol. The third-order valence-corrected chi connectivity index (χ3v) is 3.82. The van der Waals surface area contributed by atoms with E-state index in [2.05, 4.69) is 5.32 Å². The van der Waals surface area contributed by atoms with E-state index in [0.717, 1.165) is 11.1 Å². The summed E-state index contributed by atoms with van der Waals surface area (Å²) in [7, 11) is 0. The van der Waals surface area contributed by atoms with E-state index in [-0.39, 0.29) is 12.3 Å². The monoisotopic (exact) mass is 311 g/mol. The van der Waals surface area contributed by atoms with Gasteiger partial charge in [-0.25, -0.2) is 0 Å². The molecule has 2 aromatic carbocycles. The first kappa shape index (κ1) is 16.7. The Bertz CT molecular complexity index is 640. The van der Waals surface area contributed by atoms with Crippen molar-refractivity contribution < 1.29 is 14.7 Å². The third-order valence-electron chi connectivity index (χ3n) is 3.82. The molecule has 23 heavy (non-hydrogen) atoms. The molecule has 0 aromatic heterocycles. The zero-order valence-electron chi connectivity index (χ0n) is 13.1. The maximum Gasteiger partial charge on any atom is 0.308 e. The highest BCUT2D eigenvalue weighted by atomic mass is 16.4. The Labute approximate surface area is 136 Å². The summed E-state index contributed by atoms with van der Waals surface area (Å²) >= 11 is 0. The minimum atomic E-state index is -0.902. The van der Waals surface area contributed by atoms with E-state index in [4.69, 9.17) is 0 Å². The highest BCUT2D eigenvalue weighted by Crippen LogP contribution is 2.13. The van der Waals surface area contributed by atoms with Crippen LogP contribution in [0.1, 0.15) is 18.1 Å². The molecule has 0 fully saturated rings. The number of carbonyl (C=O) groups excluding carboxylic acids is 1. The van der Waals surface area contributed by atoms with Crippen LogP contribution >= 0.6 is 0 Å². The zero-order chi connectivity index (χ0) is 16.7. The van der Waals surface area contributed by atoms with Crippen molar-refractivity contribution in [1.82, 2.24) is 5.32 Å². The van der Waals surface area contributed by atoms with Gasteiger partial charge in [-0.3, -0.25) is 9.59 Å². The Morgan fingerprint density at radius 3 is 2.00 bits per heavy atom. The van der Waals surface area contributed by atoms with Crippen LogP contribution in [-0.2, 0) is 22.4 Å². The van der Waals surface area contributed by atoms with Crippen molar-refractivity contribution >= 4 is 11.9 Å². The lowest BCUT2D eigenvalue weighted by Gasteiger charge is -2.21. The summed E-state index contributed by atoms with van der Waals surface area (Å²) < 4.78 is 0. The fourth-order valence-electron chi connectivity index (χ4n) is 2.53. The Kier molecular flexibility index (Phi) is 5.92. The molecular formula is C19H21NO3. The van der Waals surface area contributed by atoms with Crippen molar-refractivity contribution in [2.75, 3.05) is 0 Å². The van der Waals surface area contributed by atoms with Crippen LogP contribution in [0.25, 0.3) is 0 Å². The van der Waals surface area contributed by atoms with Gasteiger partial charge in [-0.05, 0) is 24.5 Å². The summed E-state index contributed by atoms with van der Waals surface area (Å²) in [6.45, 7) is 1.74. The second-order valence-electron chi connectivity index (χ2n) is 5.65. The molecule has 0 spiro atoms. The molecule has 0 aliphatic heterocycles. The van der Waals surface area contributed by atoms with Gasteiger partial charge in [0.05, 0.1) is 12.3 Å². The molecule has 0 aliphatic rings. The van der Waals surface area contributed by atoms with Gasteiger partial charge in [0.1, 0.15) is 0 Å². The minimum Gasteiger partial charge on any atom is -0.481 e. The average Bonchev–Trinajstić information content (AvgIpc) is 2.54. The van der Waals surface area contributed by atoms with E-state index in [1.807, 2.05) is 60.7 Å². The van der Waals surface area contributed by atoms with E-state index in [1.54, 1.807) is 6.92 Å². The van der Waals surface area contributed by atoms with Crippen molar-refractivity contribution in [1.29, 1.82) is 0 Å². The molecule has 2 N–H and O–H groups in total. The molecule has 0 saturated carbocycles. The highest BCUT2D eigenvalue weighted by Gasteiger charge is 2.26. The Morgan fingerprint density at radius 1 is 0.957 bits per heavy atom. The molecule has 4 nitrogen and oxygen atoms in total. The number of hydrogen-bond acceptors (Lipinski definition) is 2. The lowest BCUT2D eigenvalue weighted by atomic mass is 9.93. The second-order valence-corrected chi connectivity index (χ2v) is 5.65. The van der Waals surface area contributed by atoms with Crippen molar-refractivity contribution in [3.63, 3.8) is 0 Å². The fourth-order valence-corrected chi connectivity index (χ4v) is 2.53. The van der Waals surface area contributed by atoms with Gasteiger partial charge in [0, 0.05) is 6.04 Å². The average molecular weight is 311 g/mol. The predicted octanol–water partition coefficient (Wildman–Crippen LogP) is 2.68. The molecule has 0 bridgehead atoms. The van der Waals surface area contributed by atoms with Crippen molar-refractivity contribution in [2.24, 2.45) is 5.92 Å². The van der Waals surface area contributed by atoms with E-state index in [1.165, 1.54) is 0 Å². The number of aliphatic carboxylic acids is 1. The first-order valence-corrected chi connectivity index (χ1v) is 7.66. The number of amides is 1. The number of nitrogens with one attached hydrogen (secondary N) is 1. The zero-order valence-corrected chi connectivity index (χ0v) is 13.1. The van der Waals surface area contributed by atoms with Gasteiger partial charge in [-0.15, -0.1) is 0 Å². The van der Waals surface area contributed by atoms with Gasteiger partial charge in [0.2, 0.25) is 5.91 Å². The Hall–Kier alpha value is -2.62. The first-order chi connectivity index (χ1) is 11.1. The maximum atomic E-state index is 12.1. The largest absolute Gasteiger partial charge is 0.481 e. The Balaban J connectivity index is 1.96. The van der Waals surface area contributed by atoms with E-state index in [9.17, 15) is 14.7 Å². The summed E-state index contributed by atoms with van der Waals surface area (Å²) in [6.07, 6.45) is 0.645. The number of carboxylic acids is 1. The normalized spacial score (nSPS) is 13.1.